The third kappa shape index (κ3) is 5.61. The fourth-order valence-corrected chi connectivity index (χ4v) is 4.72. The molecule has 0 aliphatic carbocycles. The van der Waals surface area contributed by atoms with Crippen molar-refractivity contribution in [3.63, 3.8) is 0 Å². The Morgan fingerprint density at radius 1 is 0.919 bits per heavy atom. The molecule has 4 rings (SSSR count). The molecular formula is C32H35NO4. The maximum Gasteiger partial charge on any atom is 0.339 e. The molecule has 3 aromatic carbocycles. The van der Waals surface area contributed by atoms with Gasteiger partial charge in [-0.05, 0) is 34.1 Å². The minimum absolute atomic E-state index is 0.0315. The monoisotopic (exact) mass is 497 g/mol. The number of carbonyl (C=O) groups is 2. The van der Waals surface area contributed by atoms with Crippen molar-refractivity contribution in [3.8, 4) is 0 Å². The van der Waals surface area contributed by atoms with Gasteiger partial charge in [-0.1, -0.05) is 113 Å². The van der Waals surface area contributed by atoms with Gasteiger partial charge >= 0.3 is 5.97 Å². The number of amides is 1. The molecule has 3 aromatic rings. The standard InChI is InChI=1S/C32H35NO4/c1-22(25-13-9-6-10-14-25)27-28(34)32(37-29(27)35,20-19-23-11-7-5-8-12-23)30(36)33-21-24-15-17-26(18-16-24)31(2,3)4/h5-18,22,34H,19-21H2,1-4H3,(H,33,36)/t22-,32-/m0/s1. The van der Waals surface area contributed by atoms with Crippen molar-refractivity contribution in [2.75, 3.05) is 0 Å². The molecule has 0 saturated heterocycles. The van der Waals surface area contributed by atoms with Crippen LogP contribution in [0.15, 0.2) is 96.3 Å². The second-order valence-electron chi connectivity index (χ2n) is 10.7. The average Bonchev–Trinajstić information content (AvgIpc) is 3.16. The zero-order chi connectivity index (χ0) is 26.6. The van der Waals surface area contributed by atoms with Crippen LogP contribution in [0.3, 0.4) is 0 Å². The molecule has 0 aromatic heterocycles. The molecule has 0 radical (unpaired) electrons. The summed E-state index contributed by atoms with van der Waals surface area (Å²) >= 11 is 0. The molecule has 5 heteroatoms. The second kappa shape index (κ2) is 10.6. The van der Waals surface area contributed by atoms with E-state index in [4.69, 9.17) is 4.74 Å². The van der Waals surface area contributed by atoms with Gasteiger partial charge in [0.05, 0.1) is 5.57 Å². The number of rotatable bonds is 8. The van der Waals surface area contributed by atoms with E-state index in [0.717, 1.165) is 16.7 Å². The molecule has 192 valence electrons. The van der Waals surface area contributed by atoms with E-state index in [-0.39, 0.29) is 29.7 Å². The summed E-state index contributed by atoms with van der Waals surface area (Å²) in [6.07, 6.45) is 0.591. The van der Waals surface area contributed by atoms with Crippen LogP contribution in [0.25, 0.3) is 0 Å². The summed E-state index contributed by atoms with van der Waals surface area (Å²) in [7, 11) is 0. The van der Waals surface area contributed by atoms with Gasteiger partial charge in [-0.3, -0.25) is 4.79 Å². The van der Waals surface area contributed by atoms with Crippen LogP contribution < -0.4 is 5.32 Å². The third-order valence-electron chi connectivity index (χ3n) is 7.11. The topological polar surface area (TPSA) is 75.6 Å². The first-order chi connectivity index (χ1) is 17.6. The molecule has 2 N–H and O–H groups in total. The van der Waals surface area contributed by atoms with E-state index in [1.807, 2.05) is 79.7 Å². The first kappa shape index (κ1) is 26.2. The minimum Gasteiger partial charge on any atom is -0.507 e. The molecule has 1 amide bonds. The quantitative estimate of drug-likeness (QED) is 0.366. The third-order valence-corrected chi connectivity index (χ3v) is 7.11. The van der Waals surface area contributed by atoms with Gasteiger partial charge in [-0.2, -0.15) is 0 Å². The number of ether oxygens (including phenoxy) is 1. The van der Waals surface area contributed by atoms with Crippen LogP contribution in [-0.4, -0.2) is 22.6 Å². The Bertz CT molecular complexity index is 1270. The number of benzene rings is 3. The van der Waals surface area contributed by atoms with E-state index in [1.54, 1.807) is 0 Å². The van der Waals surface area contributed by atoms with Gasteiger partial charge in [0.2, 0.25) is 5.60 Å². The van der Waals surface area contributed by atoms with E-state index in [9.17, 15) is 14.7 Å². The van der Waals surface area contributed by atoms with Crippen molar-refractivity contribution in [2.45, 2.75) is 64.0 Å². The Hall–Kier alpha value is -3.86. The zero-order valence-electron chi connectivity index (χ0n) is 22.0. The van der Waals surface area contributed by atoms with Gasteiger partial charge in [0.25, 0.3) is 5.91 Å². The molecule has 5 nitrogen and oxygen atoms in total. The van der Waals surface area contributed by atoms with E-state index in [2.05, 4.69) is 38.2 Å². The summed E-state index contributed by atoms with van der Waals surface area (Å²) in [6, 6.07) is 27.2. The first-order valence-corrected chi connectivity index (χ1v) is 12.8. The molecular weight excluding hydrogens is 462 g/mol. The van der Waals surface area contributed by atoms with Gasteiger partial charge in [0.15, 0.2) is 5.76 Å². The van der Waals surface area contributed by atoms with Gasteiger partial charge in [0.1, 0.15) is 0 Å². The van der Waals surface area contributed by atoms with Crippen molar-refractivity contribution < 1.29 is 19.4 Å². The molecule has 37 heavy (non-hydrogen) atoms. The van der Waals surface area contributed by atoms with Crippen molar-refractivity contribution in [2.24, 2.45) is 0 Å². The summed E-state index contributed by atoms with van der Waals surface area (Å²) < 4.78 is 5.78. The fraction of sp³-hybridized carbons (Fsp3) is 0.312. The molecule has 0 unspecified atom stereocenters. The zero-order valence-corrected chi connectivity index (χ0v) is 22.0. The average molecular weight is 498 g/mol. The highest BCUT2D eigenvalue weighted by Gasteiger charge is 2.54. The van der Waals surface area contributed by atoms with Gasteiger partial charge in [-0.25, -0.2) is 4.79 Å². The highest BCUT2D eigenvalue weighted by molar-refractivity contribution is 6.02. The van der Waals surface area contributed by atoms with E-state index in [1.165, 1.54) is 5.56 Å². The molecule has 0 saturated carbocycles. The Morgan fingerprint density at radius 2 is 1.51 bits per heavy atom. The first-order valence-electron chi connectivity index (χ1n) is 12.8. The van der Waals surface area contributed by atoms with Crippen LogP contribution in [0.1, 0.15) is 62.3 Å². The molecule has 1 heterocycles. The largest absolute Gasteiger partial charge is 0.507 e. The van der Waals surface area contributed by atoms with Gasteiger partial charge in [0, 0.05) is 18.9 Å². The van der Waals surface area contributed by atoms with Crippen molar-refractivity contribution in [3.05, 3.63) is 119 Å². The lowest BCUT2D eigenvalue weighted by Crippen LogP contribution is -2.49. The van der Waals surface area contributed by atoms with Gasteiger partial charge in [-0.15, -0.1) is 0 Å². The summed E-state index contributed by atoms with van der Waals surface area (Å²) in [5, 5.41) is 14.4. The van der Waals surface area contributed by atoms with Crippen LogP contribution in [0, 0.1) is 0 Å². The molecule has 0 bridgehead atoms. The number of nitrogens with one attached hydrogen (secondary N) is 1. The van der Waals surface area contributed by atoms with E-state index >= 15 is 0 Å². The number of cyclic esters (lactones) is 1. The van der Waals surface area contributed by atoms with Crippen molar-refractivity contribution in [1.82, 2.24) is 5.32 Å². The summed E-state index contributed by atoms with van der Waals surface area (Å²) in [6.45, 7) is 8.54. The van der Waals surface area contributed by atoms with Crippen LogP contribution in [-0.2, 0) is 32.7 Å². The van der Waals surface area contributed by atoms with Crippen molar-refractivity contribution in [1.29, 1.82) is 0 Å². The highest BCUT2D eigenvalue weighted by Crippen LogP contribution is 2.41. The van der Waals surface area contributed by atoms with Crippen LogP contribution in [0.5, 0.6) is 0 Å². The van der Waals surface area contributed by atoms with Gasteiger partial charge < -0.3 is 15.2 Å². The SMILES string of the molecule is C[C@H](C1=C(O)[C@@](CCc2ccccc2)(C(=O)NCc2ccc(C(C)(C)C)cc2)OC1=O)c1ccccc1. The van der Waals surface area contributed by atoms with Crippen LogP contribution in [0.4, 0.5) is 0 Å². The Balaban J connectivity index is 1.62. The molecule has 1 aliphatic rings. The molecule has 0 fully saturated rings. The number of hydrogen-bond donors (Lipinski definition) is 2. The highest BCUT2D eigenvalue weighted by atomic mass is 16.6. The number of esters is 1. The van der Waals surface area contributed by atoms with Crippen molar-refractivity contribution >= 4 is 11.9 Å². The smallest absolute Gasteiger partial charge is 0.339 e. The minimum atomic E-state index is -1.78. The fourth-order valence-electron chi connectivity index (χ4n) is 4.72. The predicted octanol–water partition coefficient (Wildman–Crippen LogP) is 6.14. The Kier molecular flexibility index (Phi) is 7.53. The number of carbonyl (C=O) groups excluding carboxylic acids is 2. The lowest BCUT2D eigenvalue weighted by Gasteiger charge is -2.27. The second-order valence-corrected chi connectivity index (χ2v) is 10.7. The summed E-state index contributed by atoms with van der Waals surface area (Å²) in [5.74, 6) is -1.91. The number of aliphatic hydroxyl groups excluding tert-OH is 1. The molecule has 0 spiro atoms. The lowest BCUT2D eigenvalue weighted by atomic mass is 9.86. The predicted molar refractivity (Wildman–Crippen MR) is 145 cm³/mol. The van der Waals surface area contributed by atoms with Crippen LogP contribution >= 0.6 is 0 Å². The molecule has 1 aliphatic heterocycles. The summed E-state index contributed by atoms with van der Waals surface area (Å²) in [5.41, 5.74) is 2.35. The lowest BCUT2D eigenvalue weighted by molar-refractivity contribution is -0.160. The maximum atomic E-state index is 13.7. The van der Waals surface area contributed by atoms with E-state index in [0.29, 0.717) is 6.42 Å². The Morgan fingerprint density at radius 3 is 2.11 bits per heavy atom. The number of hydrogen-bond acceptors (Lipinski definition) is 4. The van der Waals surface area contributed by atoms with Crippen LogP contribution in [0.2, 0.25) is 0 Å². The Labute approximate surface area is 219 Å². The molecule has 2 atom stereocenters. The maximum absolute atomic E-state index is 13.7. The van der Waals surface area contributed by atoms with E-state index < -0.39 is 23.4 Å². The summed E-state index contributed by atoms with van der Waals surface area (Å²) in [4.78, 5) is 26.8. The normalized spacial score (nSPS) is 18.4. The number of aryl methyl sites for hydroxylation is 1. The number of aliphatic hydroxyl groups is 1.